The zero-order valence-electron chi connectivity index (χ0n) is 12.3. The normalized spacial score (nSPS) is 12.2. The van der Waals surface area contributed by atoms with E-state index < -0.39 is 0 Å². The minimum Gasteiger partial charge on any atom is -0.496 e. The quantitative estimate of drug-likeness (QED) is 0.685. The third-order valence-electron chi connectivity index (χ3n) is 3.68. The fourth-order valence-corrected chi connectivity index (χ4v) is 2.70. The molecule has 1 nitrogen and oxygen atoms in total. The first-order valence-electron chi connectivity index (χ1n) is 6.95. The lowest BCUT2D eigenvalue weighted by Gasteiger charge is -2.13. The molecule has 0 aliphatic heterocycles. The first-order valence-corrected chi connectivity index (χ1v) is 7.38. The molecule has 106 valence electrons. The van der Waals surface area contributed by atoms with Crippen LogP contribution in [0.5, 0.6) is 5.75 Å². The van der Waals surface area contributed by atoms with E-state index in [1.54, 1.807) is 7.11 Å². The zero-order valence-corrected chi connectivity index (χ0v) is 13.1. The molecule has 20 heavy (non-hydrogen) atoms. The maximum Gasteiger partial charge on any atom is 0.122 e. The Morgan fingerprint density at radius 2 is 1.75 bits per heavy atom. The van der Waals surface area contributed by atoms with Crippen LogP contribution in [0.2, 0.25) is 0 Å². The summed E-state index contributed by atoms with van der Waals surface area (Å²) < 4.78 is 5.35. The van der Waals surface area contributed by atoms with E-state index >= 15 is 0 Å². The summed E-state index contributed by atoms with van der Waals surface area (Å²) in [6, 6.07) is 14.6. The second kappa shape index (κ2) is 6.81. The molecule has 1 unspecified atom stereocenters. The maximum absolute atomic E-state index is 6.48. The lowest BCUT2D eigenvalue weighted by atomic mass is 9.98. The van der Waals surface area contributed by atoms with Crippen LogP contribution in [0.3, 0.4) is 0 Å². The molecule has 0 fully saturated rings. The Hall–Kier alpha value is -1.47. The summed E-state index contributed by atoms with van der Waals surface area (Å²) in [7, 11) is 1.71. The number of rotatable bonds is 5. The molecule has 1 atom stereocenters. The van der Waals surface area contributed by atoms with Crippen LogP contribution in [0.15, 0.2) is 42.5 Å². The van der Waals surface area contributed by atoms with Gasteiger partial charge in [0.25, 0.3) is 0 Å². The highest BCUT2D eigenvalue weighted by Crippen LogP contribution is 2.28. The molecule has 0 saturated heterocycles. The molecule has 0 spiro atoms. The number of ether oxygens (including phenoxy) is 1. The average Bonchev–Trinajstić information content (AvgIpc) is 2.48. The number of hydrogen-bond donors (Lipinski definition) is 0. The van der Waals surface area contributed by atoms with E-state index in [1.165, 1.54) is 22.3 Å². The molecule has 2 rings (SSSR count). The van der Waals surface area contributed by atoms with E-state index in [1.807, 2.05) is 18.2 Å². The Morgan fingerprint density at radius 1 is 1.05 bits per heavy atom. The van der Waals surface area contributed by atoms with Gasteiger partial charge in [-0.3, -0.25) is 0 Å². The van der Waals surface area contributed by atoms with Crippen molar-refractivity contribution in [3.8, 4) is 5.75 Å². The summed E-state index contributed by atoms with van der Waals surface area (Å²) in [6.07, 6.45) is 1.93. The van der Waals surface area contributed by atoms with Gasteiger partial charge in [0.1, 0.15) is 5.75 Å². The van der Waals surface area contributed by atoms with Crippen molar-refractivity contribution in [3.63, 3.8) is 0 Å². The topological polar surface area (TPSA) is 9.23 Å². The van der Waals surface area contributed by atoms with Crippen LogP contribution in [0.1, 0.15) is 34.1 Å². The molecule has 0 heterocycles. The summed E-state index contributed by atoms with van der Waals surface area (Å²) >= 11 is 6.48. The third kappa shape index (κ3) is 3.55. The van der Waals surface area contributed by atoms with E-state index in [2.05, 4.69) is 38.1 Å². The molecule has 0 bridgehead atoms. The van der Waals surface area contributed by atoms with Gasteiger partial charge in [0.15, 0.2) is 0 Å². The second-order valence-corrected chi connectivity index (χ2v) is 5.69. The summed E-state index contributed by atoms with van der Waals surface area (Å²) in [5, 5.41) is 0.0676. The average molecular weight is 289 g/mol. The van der Waals surface area contributed by atoms with Crippen LogP contribution >= 0.6 is 11.6 Å². The van der Waals surface area contributed by atoms with Gasteiger partial charge in [0, 0.05) is 0 Å². The van der Waals surface area contributed by atoms with Crippen molar-refractivity contribution in [2.75, 3.05) is 7.11 Å². The molecule has 0 N–H and O–H groups in total. The Morgan fingerprint density at radius 3 is 2.40 bits per heavy atom. The Labute approximate surface area is 126 Å². The van der Waals surface area contributed by atoms with E-state index in [9.17, 15) is 0 Å². The Bertz CT molecular complexity index is 563. The van der Waals surface area contributed by atoms with Crippen molar-refractivity contribution in [2.45, 2.75) is 32.1 Å². The van der Waals surface area contributed by atoms with Crippen LogP contribution in [0.25, 0.3) is 0 Å². The largest absolute Gasteiger partial charge is 0.496 e. The van der Waals surface area contributed by atoms with Gasteiger partial charge < -0.3 is 4.74 Å². The lowest BCUT2D eigenvalue weighted by molar-refractivity contribution is 0.411. The highest BCUT2D eigenvalue weighted by atomic mass is 35.5. The van der Waals surface area contributed by atoms with E-state index in [-0.39, 0.29) is 5.38 Å². The highest BCUT2D eigenvalue weighted by Gasteiger charge is 2.10. The van der Waals surface area contributed by atoms with Crippen LogP contribution in [0, 0.1) is 13.8 Å². The summed E-state index contributed by atoms with van der Waals surface area (Å²) in [4.78, 5) is 0. The molecule has 2 heteroatoms. The molecule has 0 amide bonds. The van der Waals surface area contributed by atoms with Crippen molar-refractivity contribution < 1.29 is 4.74 Å². The smallest absolute Gasteiger partial charge is 0.122 e. The van der Waals surface area contributed by atoms with Crippen molar-refractivity contribution in [3.05, 3.63) is 64.7 Å². The fourth-order valence-electron chi connectivity index (χ4n) is 2.45. The molecule has 2 aromatic carbocycles. The van der Waals surface area contributed by atoms with Gasteiger partial charge in [-0.05, 0) is 55.0 Å². The molecule has 0 aromatic heterocycles. The van der Waals surface area contributed by atoms with Gasteiger partial charge in [-0.2, -0.15) is 0 Å². The first kappa shape index (κ1) is 14.9. The van der Waals surface area contributed by atoms with Gasteiger partial charge in [0.05, 0.1) is 12.5 Å². The van der Waals surface area contributed by atoms with Crippen molar-refractivity contribution in [2.24, 2.45) is 0 Å². The lowest BCUT2D eigenvalue weighted by Crippen LogP contribution is -1.98. The summed E-state index contributed by atoms with van der Waals surface area (Å²) in [5.41, 5.74) is 4.99. The predicted molar refractivity (Wildman–Crippen MR) is 85.8 cm³/mol. The number of methoxy groups -OCH3 is 1. The molecule has 0 radical (unpaired) electrons. The Balaban J connectivity index is 2.06. The van der Waals surface area contributed by atoms with Gasteiger partial charge in [0.2, 0.25) is 0 Å². The number of halogens is 1. The standard InChI is InChI=1S/C18H21ClO/c1-13-12-18(20-3)14(2)11-16(13)9-10-17(19)15-7-5-4-6-8-15/h4-8,11-12,17H,9-10H2,1-3H3. The number of aryl methyl sites for hydroxylation is 3. The van der Waals surface area contributed by atoms with Crippen molar-refractivity contribution >= 4 is 11.6 Å². The van der Waals surface area contributed by atoms with Gasteiger partial charge in [-0.15, -0.1) is 11.6 Å². The second-order valence-electron chi connectivity index (χ2n) is 5.17. The molecular weight excluding hydrogens is 268 g/mol. The van der Waals surface area contributed by atoms with Gasteiger partial charge in [-0.1, -0.05) is 36.4 Å². The minimum atomic E-state index is 0.0676. The van der Waals surface area contributed by atoms with Crippen LogP contribution in [0.4, 0.5) is 0 Å². The minimum absolute atomic E-state index is 0.0676. The van der Waals surface area contributed by atoms with Crippen LogP contribution in [-0.2, 0) is 6.42 Å². The number of hydrogen-bond acceptors (Lipinski definition) is 1. The molecule has 0 aliphatic carbocycles. The highest BCUT2D eigenvalue weighted by molar-refractivity contribution is 6.20. The first-order chi connectivity index (χ1) is 9.61. The van der Waals surface area contributed by atoms with Crippen LogP contribution in [-0.4, -0.2) is 7.11 Å². The van der Waals surface area contributed by atoms with Gasteiger partial charge in [-0.25, -0.2) is 0 Å². The van der Waals surface area contributed by atoms with Crippen molar-refractivity contribution in [1.29, 1.82) is 0 Å². The van der Waals surface area contributed by atoms with E-state index in [0.717, 1.165) is 18.6 Å². The maximum atomic E-state index is 6.48. The Kier molecular flexibility index (Phi) is 5.08. The molecular formula is C18H21ClO. The van der Waals surface area contributed by atoms with Gasteiger partial charge >= 0.3 is 0 Å². The fraction of sp³-hybridized carbons (Fsp3) is 0.333. The molecule has 0 saturated carbocycles. The van der Waals surface area contributed by atoms with Crippen LogP contribution < -0.4 is 4.74 Å². The zero-order chi connectivity index (χ0) is 14.5. The molecule has 0 aliphatic rings. The summed E-state index contributed by atoms with van der Waals surface area (Å²) in [6.45, 7) is 4.21. The monoisotopic (exact) mass is 288 g/mol. The summed E-state index contributed by atoms with van der Waals surface area (Å²) in [5.74, 6) is 0.955. The van der Waals surface area contributed by atoms with E-state index in [0.29, 0.717) is 0 Å². The predicted octanol–water partition coefficient (Wildman–Crippen LogP) is 5.22. The van der Waals surface area contributed by atoms with E-state index in [4.69, 9.17) is 16.3 Å². The third-order valence-corrected chi connectivity index (χ3v) is 4.15. The number of benzene rings is 2. The van der Waals surface area contributed by atoms with Crippen molar-refractivity contribution in [1.82, 2.24) is 0 Å². The SMILES string of the molecule is COc1cc(C)c(CCC(Cl)c2ccccc2)cc1C. The number of alkyl halides is 1. The molecule has 2 aromatic rings.